The molecule has 0 fully saturated rings. The molecule has 0 heterocycles. The minimum atomic E-state index is -0.313. The van der Waals surface area contributed by atoms with Crippen LogP contribution in [0.1, 0.15) is 5.56 Å². The van der Waals surface area contributed by atoms with Crippen LogP contribution in [0.5, 0.6) is 0 Å². The van der Waals surface area contributed by atoms with Crippen LogP contribution in [0.15, 0.2) is 48.6 Å². The first-order valence-electron chi connectivity index (χ1n) is 4.88. The number of allylic oxidation sites excluding steroid dienone is 2. The van der Waals surface area contributed by atoms with Crippen molar-refractivity contribution in [3.63, 3.8) is 0 Å². The molecule has 0 radical (unpaired) electrons. The van der Waals surface area contributed by atoms with E-state index in [4.69, 9.17) is 4.74 Å². The average molecular weight is 234 g/mol. The maximum Gasteiger partial charge on any atom is 0.331 e. The molecular formula is C13H14O2S. The molecule has 3 heteroatoms. The van der Waals surface area contributed by atoms with Gasteiger partial charge in [-0.1, -0.05) is 48.6 Å². The number of benzene rings is 1. The fraction of sp³-hybridized carbons (Fsp3) is 0.154. The third kappa shape index (κ3) is 5.41. The standard InChI is InChI=1S/C13H14O2S/c1-16-11-15-13(14)10-6-5-9-12-7-3-2-4-8-12/h2-10H,11H2,1H3. The van der Waals surface area contributed by atoms with Crippen molar-refractivity contribution in [2.75, 3.05) is 12.2 Å². The van der Waals surface area contributed by atoms with Crippen LogP contribution in [0.2, 0.25) is 0 Å². The molecule has 84 valence electrons. The Morgan fingerprint density at radius 2 is 2.06 bits per heavy atom. The molecule has 0 saturated carbocycles. The summed E-state index contributed by atoms with van der Waals surface area (Å²) < 4.78 is 4.85. The van der Waals surface area contributed by atoms with Crippen molar-refractivity contribution in [3.8, 4) is 0 Å². The van der Waals surface area contributed by atoms with Crippen molar-refractivity contribution in [2.24, 2.45) is 0 Å². The molecule has 0 aromatic heterocycles. The highest BCUT2D eigenvalue weighted by Crippen LogP contribution is 2.01. The van der Waals surface area contributed by atoms with Crippen molar-refractivity contribution in [1.82, 2.24) is 0 Å². The summed E-state index contributed by atoms with van der Waals surface area (Å²) in [4.78, 5) is 11.1. The van der Waals surface area contributed by atoms with Crippen molar-refractivity contribution in [3.05, 3.63) is 54.1 Å². The molecule has 0 saturated heterocycles. The summed E-state index contributed by atoms with van der Waals surface area (Å²) in [5.74, 6) is 0.0815. The van der Waals surface area contributed by atoms with Gasteiger partial charge in [-0.15, -0.1) is 11.8 Å². The topological polar surface area (TPSA) is 26.3 Å². The van der Waals surface area contributed by atoms with Crippen molar-refractivity contribution >= 4 is 23.8 Å². The molecule has 16 heavy (non-hydrogen) atoms. The summed E-state index contributed by atoms with van der Waals surface area (Å²) in [5.41, 5.74) is 1.10. The molecular weight excluding hydrogens is 220 g/mol. The van der Waals surface area contributed by atoms with Gasteiger partial charge in [0.1, 0.15) is 5.94 Å². The van der Waals surface area contributed by atoms with Gasteiger partial charge in [0.2, 0.25) is 0 Å². The molecule has 1 aromatic rings. The second kappa shape index (κ2) is 7.77. The first-order valence-corrected chi connectivity index (χ1v) is 6.28. The highest BCUT2D eigenvalue weighted by atomic mass is 32.2. The lowest BCUT2D eigenvalue weighted by atomic mass is 10.2. The lowest BCUT2D eigenvalue weighted by molar-refractivity contribution is -0.135. The van der Waals surface area contributed by atoms with E-state index >= 15 is 0 Å². The zero-order chi connectivity index (χ0) is 11.6. The van der Waals surface area contributed by atoms with Gasteiger partial charge in [-0.3, -0.25) is 0 Å². The Morgan fingerprint density at radius 3 is 2.75 bits per heavy atom. The lowest BCUT2D eigenvalue weighted by Gasteiger charge is -1.95. The highest BCUT2D eigenvalue weighted by Gasteiger charge is 1.92. The van der Waals surface area contributed by atoms with Crippen LogP contribution in [0.25, 0.3) is 6.08 Å². The smallest absolute Gasteiger partial charge is 0.331 e. The Kier molecular flexibility index (Phi) is 6.11. The molecule has 1 aromatic carbocycles. The van der Waals surface area contributed by atoms with E-state index in [1.54, 1.807) is 6.08 Å². The van der Waals surface area contributed by atoms with Crippen LogP contribution >= 0.6 is 11.8 Å². The van der Waals surface area contributed by atoms with Crippen LogP contribution in [-0.2, 0) is 9.53 Å². The molecule has 1 rings (SSSR count). The molecule has 0 aliphatic carbocycles. The zero-order valence-corrected chi connectivity index (χ0v) is 9.94. The summed E-state index contributed by atoms with van der Waals surface area (Å²) in [6.45, 7) is 0. The summed E-state index contributed by atoms with van der Waals surface area (Å²) in [7, 11) is 0. The quantitative estimate of drug-likeness (QED) is 0.339. The Labute approximate surface area is 100 Å². The molecule has 0 aliphatic heterocycles. The number of hydrogen-bond acceptors (Lipinski definition) is 3. The number of carbonyl (C=O) groups is 1. The summed E-state index contributed by atoms with van der Waals surface area (Å²) in [6, 6.07) is 9.89. The maximum atomic E-state index is 11.1. The minimum Gasteiger partial charge on any atom is -0.451 e. The number of rotatable bonds is 5. The first kappa shape index (κ1) is 12.6. The van der Waals surface area contributed by atoms with E-state index in [9.17, 15) is 4.79 Å². The monoisotopic (exact) mass is 234 g/mol. The molecule has 0 amide bonds. The zero-order valence-electron chi connectivity index (χ0n) is 9.13. The second-order valence-electron chi connectivity index (χ2n) is 3.00. The highest BCUT2D eigenvalue weighted by molar-refractivity contribution is 7.98. The van der Waals surface area contributed by atoms with Gasteiger partial charge in [-0.2, -0.15) is 0 Å². The van der Waals surface area contributed by atoms with E-state index in [-0.39, 0.29) is 5.97 Å². The summed E-state index contributed by atoms with van der Waals surface area (Å²) >= 11 is 1.47. The van der Waals surface area contributed by atoms with Gasteiger partial charge in [0.05, 0.1) is 0 Å². The average Bonchev–Trinajstić information content (AvgIpc) is 2.33. The van der Waals surface area contributed by atoms with Gasteiger partial charge < -0.3 is 4.74 Å². The Morgan fingerprint density at radius 1 is 1.31 bits per heavy atom. The van der Waals surface area contributed by atoms with E-state index < -0.39 is 0 Å². The number of carbonyl (C=O) groups excluding carboxylic acids is 1. The summed E-state index contributed by atoms with van der Waals surface area (Å²) in [6.07, 6.45) is 8.71. The second-order valence-corrected chi connectivity index (χ2v) is 3.81. The maximum absolute atomic E-state index is 11.1. The Hall–Kier alpha value is -1.48. The van der Waals surface area contributed by atoms with Gasteiger partial charge in [0.25, 0.3) is 0 Å². The van der Waals surface area contributed by atoms with Crippen LogP contribution in [0, 0.1) is 0 Å². The van der Waals surface area contributed by atoms with E-state index in [0.29, 0.717) is 5.94 Å². The normalized spacial score (nSPS) is 11.1. The van der Waals surface area contributed by atoms with Gasteiger partial charge in [-0.25, -0.2) is 4.79 Å². The number of thioether (sulfide) groups is 1. The van der Waals surface area contributed by atoms with Gasteiger partial charge in [0, 0.05) is 6.08 Å². The molecule has 0 bridgehead atoms. The van der Waals surface area contributed by atoms with Crippen LogP contribution in [-0.4, -0.2) is 18.2 Å². The van der Waals surface area contributed by atoms with Gasteiger partial charge in [-0.05, 0) is 11.8 Å². The fourth-order valence-corrected chi connectivity index (χ4v) is 1.26. The third-order valence-corrected chi connectivity index (χ3v) is 2.10. The largest absolute Gasteiger partial charge is 0.451 e. The summed E-state index contributed by atoms with van der Waals surface area (Å²) in [5, 5.41) is 0. The van der Waals surface area contributed by atoms with Gasteiger partial charge >= 0.3 is 5.97 Å². The third-order valence-electron chi connectivity index (χ3n) is 1.75. The lowest BCUT2D eigenvalue weighted by Crippen LogP contribution is -1.98. The molecule has 0 spiro atoms. The van der Waals surface area contributed by atoms with E-state index in [2.05, 4.69) is 0 Å². The fourth-order valence-electron chi connectivity index (χ4n) is 1.03. The van der Waals surface area contributed by atoms with Crippen LogP contribution < -0.4 is 0 Å². The van der Waals surface area contributed by atoms with E-state index in [0.717, 1.165) is 5.56 Å². The van der Waals surface area contributed by atoms with E-state index in [1.807, 2.05) is 48.7 Å². The molecule has 0 unspecified atom stereocenters. The van der Waals surface area contributed by atoms with Crippen LogP contribution in [0.4, 0.5) is 0 Å². The minimum absolute atomic E-state index is 0.313. The van der Waals surface area contributed by atoms with Crippen LogP contribution in [0.3, 0.4) is 0 Å². The molecule has 0 N–H and O–H groups in total. The molecule has 2 nitrogen and oxygen atoms in total. The Balaban J connectivity index is 2.36. The molecule has 0 aliphatic rings. The van der Waals surface area contributed by atoms with Crippen molar-refractivity contribution in [1.29, 1.82) is 0 Å². The predicted molar refractivity (Wildman–Crippen MR) is 69.1 cm³/mol. The molecule has 0 atom stereocenters. The SMILES string of the molecule is CSCOC(=O)C=CC=Cc1ccccc1. The Bertz CT molecular complexity index is 369. The van der Waals surface area contributed by atoms with Crippen molar-refractivity contribution in [2.45, 2.75) is 0 Å². The number of hydrogen-bond donors (Lipinski definition) is 0. The van der Waals surface area contributed by atoms with Gasteiger partial charge in [0.15, 0.2) is 0 Å². The first-order chi connectivity index (χ1) is 7.83. The van der Waals surface area contributed by atoms with E-state index in [1.165, 1.54) is 17.8 Å². The number of esters is 1. The predicted octanol–water partition coefficient (Wildman–Crippen LogP) is 3.12. The van der Waals surface area contributed by atoms with Crippen molar-refractivity contribution < 1.29 is 9.53 Å². The number of ether oxygens (including phenoxy) is 1.